The Labute approximate surface area is 124 Å². The lowest BCUT2D eigenvalue weighted by molar-refractivity contribution is 0.355. The Morgan fingerprint density at radius 2 is 1.86 bits per heavy atom. The van der Waals surface area contributed by atoms with Crippen LogP contribution in [0.15, 0.2) is 24.3 Å². The van der Waals surface area contributed by atoms with Crippen LogP contribution in [0.3, 0.4) is 0 Å². The third kappa shape index (κ3) is 3.41. The van der Waals surface area contributed by atoms with Crippen molar-refractivity contribution in [3.8, 4) is 22.9 Å². The Morgan fingerprint density at radius 3 is 2.48 bits per heavy atom. The number of nitrogens with one attached hydrogen (secondary N) is 1. The van der Waals surface area contributed by atoms with Gasteiger partial charge < -0.3 is 14.9 Å². The Bertz CT molecular complexity index is 617. The van der Waals surface area contributed by atoms with Gasteiger partial charge >= 0.3 is 0 Å². The molecule has 0 amide bonds. The third-order valence-corrected chi connectivity index (χ3v) is 3.07. The molecule has 0 radical (unpaired) electrons. The number of ether oxygens (including phenoxy) is 2. The fourth-order valence-corrected chi connectivity index (χ4v) is 2.06. The summed E-state index contributed by atoms with van der Waals surface area (Å²) < 4.78 is 10.5. The number of hydrazine groups is 1. The van der Waals surface area contributed by atoms with Crippen molar-refractivity contribution in [3.05, 3.63) is 30.0 Å². The van der Waals surface area contributed by atoms with E-state index in [1.807, 2.05) is 24.3 Å². The van der Waals surface area contributed by atoms with E-state index in [-0.39, 0.29) is 0 Å². The molecule has 112 valence electrons. The molecular weight excluding hydrogens is 268 g/mol. The largest absolute Gasteiger partial charge is 0.493 e. The number of nitrogens with two attached hydrogens (primary N) is 1. The van der Waals surface area contributed by atoms with Gasteiger partial charge in [0.2, 0.25) is 0 Å². The van der Waals surface area contributed by atoms with E-state index in [9.17, 15) is 0 Å². The summed E-state index contributed by atoms with van der Waals surface area (Å²) in [7, 11) is 3.20. The maximum absolute atomic E-state index is 5.48. The molecule has 0 saturated carbocycles. The van der Waals surface area contributed by atoms with Gasteiger partial charge in [0.15, 0.2) is 17.3 Å². The zero-order chi connectivity index (χ0) is 15.2. The van der Waals surface area contributed by atoms with Crippen LogP contribution in [0.25, 0.3) is 11.4 Å². The number of hydrogen-bond acceptors (Lipinski definition) is 6. The minimum absolute atomic E-state index is 0.596. The van der Waals surface area contributed by atoms with Gasteiger partial charge in [-0.15, -0.1) is 0 Å². The van der Waals surface area contributed by atoms with Gasteiger partial charge in [-0.3, -0.25) is 0 Å². The number of aromatic nitrogens is 2. The van der Waals surface area contributed by atoms with Gasteiger partial charge in [-0.2, -0.15) is 0 Å². The molecule has 0 aliphatic heterocycles. The Balaban J connectivity index is 2.47. The lowest BCUT2D eigenvalue weighted by Gasteiger charge is -2.10. The van der Waals surface area contributed by atoms with Crippen LogP contribution in [0, 0.1) is 0 Å². The first-order chi connectivity index (χ1) is 10.2. The summed E-state index contributed by atoms with van der Waals surface area (Å²) in [5.41, 5.74) is 4.38. The molecule has 2 aromatic rings. The molecule has 0 fully saturated rings. The van der Waals surface area contributed by atoms with Gasteiger partial charge in [0, 0.05) is 17.3 Å². The molecule has 0 unspecified atom stereocenters. The van der Waals surface area contributed by atoms with Crippen LogP contribution < -0.4 is 20.7 Å². The van der Waals surface area contributed by atoms with Crippen molar-refractivity contribution in [3.63, 3.8) is 0 Å². The third-order valence-electron chi connectivity index (χ3n) is 3.07. The summed E-state index contributed by atoms with van der Waals surface area (Å²) >= 11 is 0. The molecule has 1 heterocycles. The predicted octanol–water partition coefficient (Wildman–Crippen LogP) is 2.40. The van der Waals surface area contributed by atoms with Gasteiger partial charge in [-0.1, -0.05) is 13.3 Å². The molecule has 1 aromatic heterocycles. The molecule has 0 atom stereocenters. The summed E-state index contributed by atoms with van der Waals surface area (Å²) in [5, 5.41) is 0. The molecule has 0 aliphatic rings. The molecule has 6 nitrogen and oxygen atoms in total. The molecule has 3 N–H and O–H groups in total. The van der Waals surface area contributed by atoms with E-state index < -0.39 is 0 Å². The highest BCUT2D eigenvalue weighted by Gasteiger charge is 2.10. The number of rotatable bonds is 6. The van der Waals surface area contributed by atoms with Crippen LogP contribution in [-0.2, 0) is 6.42 Å². The fraction of sp³-hybridized carbons (Fsp3) is 0.333. The number of aryl methyl sites for hydroxylation is 1. The Morgan fingerprint density at radius 1 is 1.10 bits per heavy atom. The normalized spacial score (nSPS) is 10.3. The number of methoxy groups -OCH3 is 2. The topological polar surface area (TPSA) is 82.3 Å². The first-order valence-corrected chi connectivity index (χ1v) is 6.78. The quantitative estimate of drug-likeness (QED) is 0.627. The van der Waals surface area contributed by atoms with Gasteiger partial charge in [0.05, 0.1) is 14.2 Å². The van der Waals surface area contributed by atoms with Crippen molar-refractivity contribution in [1.82, 2.24) is 9.97 Å². The molecule has 0 spiro atoms. The Kier molecular flexibility index (Phi) is 4.94. The van der Waals surface area contributed by atoms with Crippen molar-refractivity contribution < 1.29 is 9.47 Å². The van der Waals surface area contributed by atoms with E-state index in [0.717, 1.165) is 24.1 Å². The molecule has 21 heavy (non-hydrogen) atoms. The van der Waals surface area contributed by atoms with Crippen LogP contribution in [-0.4, -0.2) is 24.2 Å². The molecule has 6 heteroatoms. The highest BCUT2D eigenvalue weighted by molar-refractivity contribution is 5.62. The zero-order valence-electron chi connectivity index (χ0n) is 12.5. The van der Waals surface area contributed by atoms with E-state index in [4.69, 9.17) is 15.3 Å². The van der Waals surface area contributed by atoms with Crippen LogP contribution in [0.4, 0.5) is 5.82 Å². The zero-order valence-corrected chi connectivity index (χ0v) is 12.5. The lowest BCUT2D eigenvalue weighted by Crippen LogP contribution is -2.10. The highest BCUT2D eigenvalue weighted by Crippen LogP contribution is 2.31. The van der Waals surface area contributed by atoms with Crippen molar-refractivity contribution in [2.75, 3.05) is 19.6 Å². The van der Waals surface area contributed by atoms with Crippen molar-refractivity contribution in [1.29, 1.82) is 0 Å². The second-order valence-electron chi connectivity index (χ2n) is 4.53. The van der Waals surface area contributed by atoms with Gasteiger partial charge in [-0.25, -0.2) is 15.8 Å². The average molecular weight is 288 g/mol. The van der Waals surface area contributed by atoms with Crippen LogP contribution >= 0.6 is 0 Å². The van der Waals surface area contributed by atoms with Crippen LogP contribution in [0.1, 0.15) is 19.0 Å². The highest BCUT2D eigenvalue weighted by atomic mass is 16.5. The number of benzene rings is 1. The minimum atomic E-state index is 0.596. The molecule has 2 rings (SSSR count). The monoisotopic (exact) mass is 288 g/mol. The first-order valence-electron chi connectivity index (χ1n) is 6.78. The summed E-state index contributed by atoms with van der Waals surface area (Å²) in [6.07, 6.45) is 1.88. The molecule has 1 aromatic carbocycles. The van der Waals surface area contributed by atoms with E-state index in [0.29, 0.717) is 23.1 Å². The molecule has 0 aliphatic carbocycles. The average Bonchev–Trinajstić information content (AvgIpc) is 2.54. The van der Waals surface area contributed by atoms with E-state index in [1.165, 1.54) is 0 Å². The van der Waals surface area contributed by atoms with Crippen LogP contribution in [0.2, 0.25) is 0 Å². The smallest absolute Gasteiger partial charge is 0.161 e. The van der Waals surface area contributed by atoms with E-state index in [1.54, 1.807) is 14.2 Å². The van der Waals surface area contributed by atoms with E-state index >= 15 is 0 Å². The SMILES string of the molecule is CCCc1cc(NN)nc(-c2ccc(OC)c(OC)c2)n1. The maximum atomic E-state index is 5.48. The van der Waals surface area contributed by atoms with Crippen molar-refractivity contribution in [2.45, 2.75) is 19.8 Å². The summed E-state index contributed by atoms with van der Waals surface area (Å²) in [5.74, 6) is 7.99. The second-order valence-corrected chi connectivity index (χ2v) is 4.53. The summed E-state index contributed by atoms with van der Waals surface area (Å²) in [6.45, 7) is 2.10. The van der Waals surface area contributed by atoms with Crippen molar-refractivity contribution >= 4 is 5.82 Å². The number of nitrogens with zero attached hydrogens (tertiary/aromatic N) is 2. The summed E-state index contributed by atoms with van der Waals surface area (Å²) in [6, 6.07) is 7.43. The van der Waals surface area contributed by atoms with Gasteiger partial charge in [0.1, 0.15) is 5.82 Å². The van der Waals surface area contributed by atoms with E-state index in [2.05, 4.69) is 22.3 Å². The number of hydrogen-bond donors (Lipinski definition) is 2. The van der Waals surface area contributed by atoms with Crippen molar-refractivity contribution in [2.24, 2.45) is 5.84 Å². The summed E-state index contributed by atoms with van der Waals surface area (Å²) in [4.78, 5) is 8.96. The minimum Gasteiger partial charge on any atom is -0.493 e. The maximum Gasteiger partial charge on any atom is 0.161 e. The Hall–Kier alpha value is -2.34. The molecule has 0 saturated heterocycles. The predicted molar refractivity (Wildman–Crippen MR) is 82.4 cm³/mol. The first kappa shape index (κ1) is 15.1. The number of nitrogen functional groups attached to an aromatic ring is 1. The van der Waals surface area contributed by atoms with Crippen LogP contribution in [0.5, 0.6) is 11.5 Å². The second kappa shape index (κ2) is 6.90. The molecule has 0 bridgehead atoms. The number of anilines is 1. The molecular formula is C15H20N4O2. The standard InChI is InChI=1S/C15H20N4O2/c1-4-5-11-9-14(19-16)18-15(17-11)10-6-7-12(20-2)13(8-10)21-3/h6-9H,4-5,16H2,1-3H3,(H,17,18,19). The van der Waals surface area contributed by atoms with Gasteiger partial charge in [0.25, 0.3) is 0 Å². The fourth-order valence-electron chi connectivity index (χ4n) is 2.06. The lowest BCUT2D eigenvalue weighted by atomic mass is 10.1. The van der Waals surface area contributed by atoms with Gasteiger partial charge in [-0.05, 0) is 24.6 Å².